The van der Waals surface area contributed by atoms with Gasteiger partial charge in [0.25, 0.3) is 0 Å². The van der Waals surface area contributed by atoms with Gasteiger partial charge in [-0.1, -0.05) is 34.4 Å². The fourth-order valence-electron chi connectivity index (χ4n) is 1.95. The van der Waals surface area contributed by atoms with E-state index in [1.54, 1.807) is 30.6 Å². The average molecular weight is 306 g/mol. The number of hydrogen-bond acceptors (Lipinski definition) is 4. The summed E-state index contributed by atoms with van der Waals surface area (Å²) in [5, 5.41) is 4.88. The Balaban J connectivity index is 2.24. The van der Waals surface area contributed by atoms with Gasteiger partial charge < -0.3 is 10.3 Å². The minimum Gasteiger partial charge on any atom is -0.380 e. The molecule has 4 nitrogen and oxygen atoms in total. The second kappa shape index (κ2) is 5.15. The second-order valence-corrected chi connectivity index (χ2v) is 4.98. The lowest BCUT2D eigenvalue weighted by molar-refractivity contribution is 0.436. The van der Waals surface area contributed by atoms with Crippen LogP contribution in [0.3, 0.4) is 0 Å². The van der Waals surface area contributed by atoms with Crippen LogP contribution in [-0.2, 0) is 0 Å². The number of anilines is 1. The van der Waals surface area contributed by atoms with E-state index < -0.39 is 0 Å². The van der Waals surface area contributed by atoms with E-state index >= 15 is 0 Å². The van der Waals surface area contributed by atoms with E-state index in [0.29, 0.717) is 26.9 Å². The highest BCUT2D eigenvalue weighted by Gasteiger charge is 2.20. The van der Waals surface area contributed by atoms with Gasteiger partial charge in [0.15, 0.2) is 11.6 Å². The summed E-state index contributed by atoms with van der Waals surface area (Å²) in [5.74, 6) is 0.757. The summed E-state index contributed by atoms with van der Waals surface area (Å²) in [6, 6.07) is 8.80. The third-order valence-corrected chi connectivity index (χ3v) is 3.41. The van der Waals surface area contributed by atoms with Gasteiger partial charge in [0.2, 0.25) is 0 Å². The van der Waals surface area contributed by atoms with Crippen LogP contribution >= 0.6 is 23.2 Å². The van der Waals surface area contributed by atoms with Crippen LogP contribution in [0.1, 0.15) is 0 Å². The highest BCUT2D eigenvalue weighted by atomic mass is 35.5. The second-order valence-electron chi connectivity index (χ2n) is 4.14. The van der Waals surface area contributed by atoms with Crippen LogP contribution in [0.5, 0.6) is 0 Å². The molecule has 0 unspecified atom stereocenters. The number of nitrogens with two attached hydrogens (primary N) is 1. The van der Waals surface area contributed by atoms with Crippen LogP contribution in [0.15, 0.2) is 47.2 Å². The molecule has 0 spiro atoms. The van der Waals surface area contributed by atoms with Crippen LogP contribution in [0, 0.1) is 0 Å². The summed E-state index contributed by atoms with van der Waals surface area (Å²) >= 11 is 12.2. The minimum atomic E-state index is 0.282. The zero-order valence-corrected chi connectivity index (χ0v) is 11.7. The monoisotopic (exact) mass is 305 g/mol. The number of nitrogen functional groups attached to an aromatic ring is 1. The molecule has 0 saturated heterocycles. The van der Waals surface area contributed by atoms with Gasteiger partial charge in [-0.15, -0.1) is 0 Å². The fraction of sp³-hybridized carbons (Fsp3) is 0. The molecule has 0 saturated carbocycles. The predicted octanol–water partition coefficient (Wildman–Crippen LogP) is 4.29. The average Bonchev–Trinajstić information content (AvgIpc) is 2.84. The van der Waals surface area contributed by atoms with Crippen molar-refractivity contribution in [2.24, 2.45) is 0 Å². The largest absolute Gasteiger partial charge is 0.380 e. The molecule has 0 radical (unpaired) electrons. The van der Waals surface area contributed by atoms with Gasteiger partial charge in [-0.25, -0.2) is 0 Å². The van der Waals surface area contributed by atoms with Crippen LogP contribution in [0.4, 0.5) is 5.82 Å². The van der Waals surface area contributed by atoms with Crippen LogP contribution < -0.4 is 5.73 Å². The maximum absolute atomic E-state index is 6.20. The Kier molecular flexibility index (Phi) is 3.34. The third kappa shape index (κ3) is 2.24. The summed E-state index contributed by atoms with van der Waals surface area (Å²) in [6.45, 7) is 0. The van der Waals surface area contributed by atoms with Crippen LogP contribution in [0.2, 0.25) is 10.0 Å². The molecule has 1 aromatic carbocycles. The summed E-state index contributed by atoms with van der Waals surface area (Å²) in [4.78, 5) is 4.07. The van der Waals surface area contributed by atoms with Crippen molar-refractivity contribution in [2.45, 2.75) is 0 Å². The van der Waals surface area contributed by atoms with Gasteiger partial charge in [0.1, 0.15) is 0 Å². The first kappa shape index (κ1) is 13.0. The molecule has 0 aliphatic rings. The zero-order chi connectivity index (χ0) is 14.1. The smallest absolute Gasteiger partial charge is 0.178 e. The molecule has 0 aliphatic heterocycles. The number of hydrogen-bond donors (Lipinski definition) is 1. The lowest BCUT2D eigenvalue weighted by Crippen LogP contribution is -1.89. The Morgan fingerprint density at radius 3 is 2.75 bits per heavy atom. The lowest BCUT2D eigenvalue weighted by Gasteiger charge is -2.04. The van der Waals surface area contributed by atoms with E-state index in [0.717, 1.165) is 5.56 Å². The maximum Gasteiger partial charge on any atom is 0.178 e. The van der Waals surface area contributed by atoms with E-state index in [2.05, 4.69) is 10.1 Å². The Labute approximate surface area is 125 Å². The van der Waals surface area contributed by atoms with Gasteiger partial charge in [-0.2, -0.15) is 0 Å². The number of rotatable bonds is 2. The number of pyridine rings is 1. The van der Waals surface area contributed by atoms with E-state index in [4.69, 9.17) is 33.5 Å². The van der Waals surface area contributed by atoms with E-state index in [1.165, 1.54) is 0 Å². The first-order valence-electron chi connectivity index (χ1n) is 5.78. The molecular weight excluding hydrogens is 297 g/mol. The van der Waals surface area contributed by atoms with Crippen molar-refractivity contribution in [3.05, 3.63) is 52.8 Å². The van der Waals surface area contributed by atoms with Gasteiger partial charge in [-0.3, -0.25) is 4.98 Å². The third-order valence-electron chi connectivity index (χ3n) is 2.84. The minimum absolute atomic E-state index is 0.282. The highest BCUT2D eigenvalue weighted by molar-refractivity contribution is 6.35. The Morgan fingerprint density at radius 1 is 1.15 bits per heavy atom. The van der Waals surface area contributed by atoms with Crippen LogP contribution in [0.25, 0.3) is 22.5 Å². The number of aromatic nitrogens is 2. The molecule has 2 aromatic heterocycles. The molecule has 0 amide bonds. The predicted molar refractivity (Wildman–Crippen MR) is 79.6 cm³/mol. The van der Waals surface area contributed by atoms with Crippen molar-refractivity contribution in [1.29, 1.82) is 0 Å². The SMILES string of the molecule is Nc1noc(-c2cc(Cl)ccc2Cl)c1-c1cccnc1. The Hall–Kier alpha value is -2.04. The molecule has 100 valence electrons. The molecule has 3 aromatic rings. The zero-order valence-electron chi connectivity index (χ0n) is 10.2. The number of benzene rings is 1. The van der Waals surface area contributed by atoms with E-state index in [1.807, 2.05) is 12.1 Å². The van der Waals surface area contributed by atoms with Gasteiger partial charge >= 0.3 is 0 Å². The van der Waals surface area contributed by atoms with Crippen LogP contribution in [-0.4, -0.2) is 10.1 Å². The summed E-state index contributed by atoms with van der Waals surface area (Å²) in [6.07, 6.45) is 3.37. The quantitative estimate of drug-likeness (QED) is 0.767. The van der Waals surface area contributed by atoms with E-state index in [9.17, 15) is 0 Å². The van der Waals surface area contributed by atoms with Gasteiger partial charge in [-0.05, 0) is 24.3 Å². The van der Waals surface area contributed by atoms with Crippen molar-refractivity contribution < 1.29 is 4.52 Å². The maximum atomic E-state index is 6.20. The molecule has 6 heteroatoms. The lowest BCUT2D eigenvalue weighted by atomic mass is 10.0. The van der Waals surface area contributed by atoms with Gasteiger partial charge in [0.05, 0.1) is 10.6 Å². The Bertz CT molecular complexity index is 756. The molecule has 0 fully saturated rings. The summed E-state index contributed by atoms with van der Waals surface area (Å²) < 4.78 is 5.33. The molecule has 2 heterocycles. The normalized spacial score (nSPS) is 10.7. The number of halogens is 2. The van der Waals surface area contributed by atoms with E-state index in [-0.39, 0.29) is 5.82 Å². The molecule has 0 atom stereocenters. The number of nitrogens with zero attached hydrogens (tertiary/aromatic N) is 2. The molecular formula is C14H9Cl2N3O. The Morgan fingerprint density at radius 2 is 2.00 bits per heavy atom. The standard InChI is InChI=1S/C14H9Cl2N3O/c15-9-3-4-11(16)10(6-9)13-12(14(17)19-20-13)8-2-1-5-18-7-8/h1-7H,(H2,17,19). The van der Waals surface area contributed by atoms with Gasteiger partial charge in [0, 0.05) is 28.5 Å². The molecule has 0 bridgehead atoms. The molecule has 2 N–H and O–H groups in total. The van der Waals surface area contributed by atoms with Crippen molar-refractivity contribution in [3.8, 4) is 22.5 Å². The fourth-order valence-corrected chi connectivity index (χ4v) is 2.32. The van der Waals surface area contributed by atoms with Crippen molar-refractivity contribution in [3.63, 3.8) is 0 Å². The summed E-state index contributed by atoms with van der Waals surface area (Å²) in [7, 11) is 0. The summed E-state index contributed by atoms with van der Waals surface area (Å²) in [5.41, 5.74) is 7.99. The van der Waals surface area contributed by atoms with Crippen molar-refractivity contribution in [1.82, 2.24) is 10.1 Å². The molecule has 0 aliphatic carbocycles. The van der Waals surface area contributed by atoms with Crippen molar-refractivity contribution >= 4 is 29.0 Å². The first-order valence-corrected chi connectivity index (χ1v) is 6.53. The first-order chi connectivity index (χ1) is 9.66. The molecule has 20 heavy (non-hydrogen) atoms. The molecule has 3 rings (SSSR count). The van der Waals surface area contributed by atoms with Crippen molar-refractivity contribution in [2.75, 3.05) is 5.73 Å². The highest BCUT2D eigenvalue weighted by Crippen LogP contribution is 2.40. The topological polar surface area (TPSA) is 64.9 Å².